The summed E-state index contributed by atoms with van der Waals surface area (Å²) >= 11 is 0. The second kappa shape index (κ2) is 12.2. The first kappa shape index (κ1) is 28.5. The molecule has 7 heteroatoms. The molecular formula is C33H46N4O3. The highest BCUT2D eigenvalue weighted by Crippen LogP contribution is 2.34. The molecule has 2 aromatic carbocycles. The van der Waals surface area contributed by atoms with E-state index in [0.717, 1.165) is 51.0 Å². The smallest absolute Gasteiger partial charge is 0.266 e. The van der Waals surface area contributed by atoms with Crippen LogP contribution in [0, 0.1) is 5.92 Å². The fourth-order valence-corrected chi connectivity index (χ4v) is 6.00. The van der Waals surface area contributed by atoms with Gasteiger partial charge < -0.3 is 24.8 Å². The first-order chi connectivity index (χ1) is 19.2. The number of hydrogen-bond donors (Lipinski definition) is 1. The van der Waals surface area contributed by atoms with Gasteiger partial charge in [0.2, 0.25) is 5.91 Å². The van der Waals surface area contributed by atoms with Gasteiger partial charge in [-0.1, -0.05) is 44.2 Å². The standard InChI is InChI=1S/C33H46N4O3/c1-24(2)26-9-5-8-25(20-26)22-37(28-13-14-28)31(38)27-10-7-17-36(23-27)29-11-6-12-30(21-29)40-33(3,4)32(39)35-18-15-34-16-19-35/h5-6,8-9,11-12,20-21,24,27-28,34H,7,10,13-19,22-23H2,1-4H3/t27-/m1/s1. The number of ether oxygens (including phenoxy) is 1. The first-order valence-corrected chi connectivity index (χ1v) is 15.1. The van der Waals surface area contributed by atoms with Crippen molar-refractivity contribution in [1.82, 2.24) is 15.1 Å². The quantitative estimate of drug-likeness (QED) is 0.489. The van der Waals surface area contributed by atoms with Crippen LogP contribution in [-0.2, 0) is 16.1 Å². The van der Waals surface area contributed by atoms with Gasteiger partial charge in [-0.05, 0) is 68.7 Å². The predicted molar refractivity (Wildman–Crippen MR) is 160 cm³/mol. The predicted octanol–water partition coefficient (Wildman–Crippen LogP) is 4.81. The summed E-state index contributed by atoms with van der Waals surface area (Å²) in [7, 11) is 0. The first-order valence-electron chi connectivity index (χ1n) is 15.1. The summed E-state index contributed by atoms with van der Waals surface area (Å²) in [6.45, 7) is 13.5. The van der Waals surface area contributed by atoms with Gasteiger partial charge in [-0.15, -0.1) is 0 Å². The van der Waals surface area contributed by atoms with Crippen LogP contribution in [0.4, 0.5) is 5.69 Å². The SMILES string of the molecule is CC(C)c1cccc(CN(C(=O)[C@@H]2CCCN(c3cccc(OC(C)(C)C(=O)N4CCNCC4)c3)C2)C2CC2)c1. The number of hydrogen-bond acceptors (Lipinski definition) is 5. The van der Waals surface area contributed by atoms with Crippen LogP contribution in [0.2, 0.25) is 0 Å². The molecule has 2 heterocycles. The normalized spacial score (nSPS) is 20.0. The molecule has 0 bridgehead atoms. The Morgan fingerprint density at radius 3 is 2.50 bits per heavy atom. The van der Waals surface area contributed by atoms with E-state index in [1.807, 2.05) is 36.9 Å². The zero-order chi connectivity index (χ0) is 28.3. The second-order valence-corrected chi connectivity index (χ2v) is 12.5. The van der Waals surface area contributed by atoms with E-state index in [9.17, 15) is 9.59 Å². The Hall–Kier alpha value is -3.06. The van der Waals surface area contributed by atoms with Gasteiger partial charge in [0.25, 0.3) is 5.91 Å². The molecular weight excluding hydrogens is 500 g/mol. The average Bonchev–Trinajstić information content (AvgIpc) is 3.81. The number of carbonyl (C=O) groups is 2. The lowest BCUT2D eigenvalue weighted by molar-refractivity contribution is -0.146. The second-order valence-electron chi connectivity index (χ2n) is 12.5. The van der Waals surface area contributed by atoms with Crippen LogP contribution >= 0.6 is 0 Å². The summed E-state index contributed by atoms with van der Waals surface area (Å²) in [6.07, 6.45) is 4.12. The minimum atomic E-state index is -0.950. The molecule has 1 N–H and O–H groups in total. The summed E-state index contributed by atoms with van der Waals surface area (Å²) in [5, 5.41) is 3.29. The highest BCUT2D eigenvalue weighted by molar-refractivity contribution is 5.85. The van der Waals surface area contributed by atoms with Crippen molar-refractivity contribution >= 4 is 17.5 Å². The van der Waals surface area contributed by atoms with Crippen LogP contribution in [0.3, 0.4) is 0 Å². The monoisotopic (exact) mass is 546 g/mol. The average molecular weight is 547 g/mol. The number of piperidine rings is 1. The summed E-state index contributed by atoms with van der Waals surface area (Å²) < 4.78 is 6.28. The maximum atomic E-state index is 13.9. The number of anilines is 1. The lowest BCUT2D eigenvalue weighted by Crippen LogP contribution is -2.54. The van der Waals surface area contributed by atoms with Crippen LogP contribution in [0.1, 0.15) is 70.4 Å². The molecule has 0 spiro atoms. The van der Waals surface area contributed by atoms with Crippen molar-refractivity contribution < 1.29 is 14.3 Å². The van der Waals surface area contributed by atoms with Crippen LogP contribution in [0.5, 0.6) is 5.75 Å². The Balaban J connectivity index is 1.25. The molecule has 2 aliphatic heterocycles. The van der Waals surface area contributed by atoms with Crippen LogP contribution < -0.4 is 15.0 Å². The minimum Gasteiger partial charge on any atom is -0.478 e. The number of benzene rings is 2. The number of piperazine rings is 1. The fraction of sp³-hybridized carbons (Fsp3) is 0.576. The fourth-order valence-electron chi connectivity index (χ4n) is 6.00. The molecule has 40 heavy (non-hydrogen) atoms. The largest absolute Gasteiger partial charge is 0.478 e. The molecule has 0 radical (unpaired) electrons. The summed E-state index contributed by atoms with van der Waals surface area (Å²) in [6, 6.07) is 17.1. The molecule has 1 saturated carbocycles. The van der Waals surface area contributed by atoms with Crippen LogP contribution in [0.15, 0.2) is 48.5 Å². The Morgan fingerprint density at radius 1 is 1.02 bits per heavy atom. The van der Waals surface area contributed by atoms with Crippen molar-refractivity contribution in [3.8, 4) is 5.75 Å². The van der Waals surface area contributed by atoms with Crippen molar-refractivity contribution in [2.24, 2.45) is 5.92 Å². The number of nitrogens with zero attached hydrogens (tertiary/aromatic N) is 3. The molecule has 0 unspecified atom stereocenters. The molecule has 1 aliphatic carbocycles. The van der Waals surface area contributed by atoms with Gasteiger partial charge in [-0.25, -0.2) is 0 Å². The summed E-state index contributed by atoms with van der Waals surface area (Å²) in [4.78, 5) is 33.4. The van der Waals surface area contributed by atoms with E-state index >= 15 is 0 Å². The molecule has 3 aliphatic rings. The minimum absolute atomic E-state index is 0.0158. The lowest BCUT2D eigenvalue weighted by atomic mass is 9.95. The molecule has 7 nitrogen and oxygen atoms in total. The van der Waals surface area contributed by atoms with Gasteiger partial charge >= 0.3 is 0 Å². The number of carbonyl (C=O) groups excluding carboxylic acids is 2. The van der Waals surface area contributed by atoms with E-state index in [1.54, 1.807) is 0 Å². The molecule has 5 rings (SSSR count). The Kier molecular flexibility index (Phi) is 8.69. The van der Waals surface area contributed by atoms with Crippen molar-refractivity contribution in [3.05, 3.63) is 59.7 Å². The Labute approximate surface area is 239 Å². The highest BCUT2D eigenvalue weighted by Gasteiger charge is 2.38. The zero-order valence-electron chi connectivity index (χ0n) is 24.7. The van der Waals surface area contributed by atoms with Crippen molar-refractivity contribution in [1.29, 1.82) is 0 Å². The third-order valence-electron chi connectivity index (χ3n) is 8.49. The van der Waals surface area contributed by atoms with Gasteiger partial charge in [-0.2, -0.15) is 0 Å². The summed E-state index contributed by atoms with van der Waals surface area (Å²) in [5.41, 5.74) is 2.64. The number of nitrogens with one attached hydrogen (secondary N) is 1. The lowest BCUT2D eigenvalue weighted by Gasteiger charge is -2.37. The van der Waals surface area contributed by atoms with E-state index in [1.165, 1.54) is 11.1 Å². The van der Waals surface area contributed by atoms with E-state index in [2.05, 4.69) is 59.3 Å². The molecule has 3 fully saturated rings. The van der Waals surface area contributed by atoms with E-state index in [4.69, 9.17) is 4.74 Å². The number of amides is 2. The van der Waals surface area contributed by atoms with Gasteiger partial charge in [0, 0.05) is 63.6 Å². The van der Waals surface area contributed by atoms with Gasteiger partial charge in [-0.3, -0.25) is 9.59 Å². The van der Waals surface area contributed by atoms with Crippen LogP contribution in [0.25, 0.3) is 0 Å². The Morgan fingerprint density at radius 2 is 1.77 bits per heavy atom. The topological polar surface area (TPSA) is 65.1 Å². The molecule has 1 atom stereocenters. The number of rotatable bonds is 9. The van der Waals surface area contributed by atoms with E-state index < -0.39 is 5.60 Å². The molecule has 2 aromatic rings. The van der Waals surface area contributed by atoms with Gasteiger partial charge in [0.15, 0.2) is 5.60 Å². The third-order valence-corrected chi connectivity index (χ3v) is 8.49. The van der Waals surface area contributed by atoms with Crippen molar-refractivity contribution in [2.45, 2.75) is 77.5 Å². The molecule has 216 valence electrons. The van der Waals surface area contributed by atoms with Crippen LogP contribution in [-0.4, -0.2) is 72.5 Å². The van der Waals surface area contributed by atoms with E-state index in [0.29, 0.717) is 43.9 Å². The molecule has 2 amide bonds. The van der Waals surface area contributed by atoms with Gasteiger partial charge in [0.05, 0.1) is 5.92 Å². The molecule has 0 aromatic heterocycles. The molecule has 2 saturated heterocycles. The van der Waals surface area contributed by atoms with Crippen molar-refractivity contribution in [2.75, 3.05) is 44.2 Å². The summed E-state index contributed by atoms with van der Waals surface area (Å²) in [5.74, 6) is 1.45. The maximum Gasteiger partial charge on any atom is 0.266 e. The van der Waals surface area contributed by atoms with Crippen molar-refractivity contribution in [3.63, 3.8) is 0 Å². The zero-order valence-corrected chi connectivity index (χ0v) is 24.7. The van der Waals surface area contributed by atoms with E-state index in [-0.39, 0.29) is 17.7 Å². The van der Waals surface area contributed by atoms with Gasteiger partial charge in [0.1, 0.15) is 5.75 Å². The maximum absolute atomic E-state index is 13.9. The third kappa shape index (κ3) is 6.80. The Bertz CT molecular complexity index is 1190. The highest BCUT2D eigenvalue weighted by atomic mass is 16.5.